The normalized spacial score (nSPS) is 10.1. The molecule has 0 aliphatic rings. The number of nitrogens with one attached hydrogen (secondary N) is 1. The average Bonchev–Trinajstić information content (AvgIpc) is 2.21. The molecule has 0 bridgehead atoms. The van der Waals surface area contributed by atoms with Crippen molar-refractivity contribution in [2.24, 2.45) is 0 Å². The summed E-state index contributed by atoms with van der Waals surface area (Å²) in [7, 11) is 0. The van der Waals surface area contributed by atoms with E-state index in [-0.39, 0.29) is 10.6 Å². The molecule has 0 unspecified atom stereocenters. The van der Waals surface area contributed by atoms with Crippen molar-refractivity contribution in [3.8, 4) is 0 Å². The number of hydrogen-bond acceptors (Lipinski definition) is 4. The molecule has 0 atom stereocenters. The average molecular weight is 221 g/mol. The summed E-state index contributed by atoms with van der Waals surface area (Å²) in [6.45, 7) is 8.17. The molecule has 1 rings (SSSR count). The van der Waals surface area contributed by atoms with Gasteiger partial charge >= 0.3 is 0 Å². The molecular formula is C11H15N3O2. The molecule has 0 aliphatic heterocycles. The summed E-state index contributed by atoms with van der Waals surface area (Å²) in [5, 5.41) is 13.9. The minimum atomic E-state index is -0.358. The quantitative estimate of drug-likeness (QED) is 0.357. The molecule has 0 saturated heterocycles. The first-order chi connectivity index (χ1) is 7.57. The van der Waals surface area contributed by atoms with Gasteiger partial charge in [-0.3, -0.25) is 15.1 Å². The minimum Gasteiger partial charge on any atom is -0.308 e. The standard InChI is InChI=1S/C11H15N3O2/c1-4-5-12-7-10-9(3)11(14(15)16)8(2)6-13-10/h4,6,12H,1,5,7H2,2-3H3. The number of aromatic nitrogens is 1. The van der Waals surface area contributed by atoms with Crippen molar-refractivity contribution in [2.75, 3.05) is 6.54 Å². The van der Waals surface area contributed by atoms with E-state index in [9.17, 15) is 10.1 Å². The van der Waals surface area contributed by atoms with Gasteiger partial charge in [0, 0.05) is 30.4 Å². The van der Waals surface area contributed by atoms with Crippen LogP contribution in [0.3, 0.4) is 0 Å². The van der Waals surface area contributed by atoms with Gasteiger partial charge in [-0.1, -0.05) is 6.08 Å². The van der Waals surface area contributed by atoms with Crippen molar-refractivity contribution in [3.63, 3.8) is 0 Å². The number of hydrogen-bond donors (Lipinski definition) is 1. The van der Waals surface area contributed by atoms with Crippen LogP contribution in [0.2, 0.25) is 0 Å². The van der Waals surface area contributed by atoms with Gasteiger partial charge < -0.3 is 5.32 Å². The fourth-order valence-corrected chi connectivity index (χ4v) is 1.52. The fourth-order valence-electron chi connectivity index (χ4n) is 1.52. The maximum Gasteiger partial charge on any atom is 0.278 e. The van der Waals surface area contributed by atoms with Crippen molar-refractivity contribution in [2.45, 2.75) is 20.4 Å². The van der Waals surface area contributed by atoms with E-state index >= 15 is 0 Å². The third kappa shape index (κ3) is 2.64. The van der Waals surface area contributed by atoms with Crippen LogP contribution in [0.15, 0.2) is 18.9 Å². The highest BCUT2D eigenvalue weighted by Crippen LogP contribution is 2.23. The van der Waals surface area contributed by atoms with Crippen LogP contribution in [0.5, 0.6) is 0 Å². The molecule has 0 aromatic carbocycles. The second-order valence-corrected chi connectivity index (χ2v) is 3.54. The number of nitrogens with zero attached hydrogens (tertiary/aromatic N) is 2. The van der Waals surface area contributed by atoms with Crippen LogP contribution in [-0.4, -0.2) is 16.5 Å². The SMILES string of the molecule is C=CCNCc1ncc(C)c([N+](=O)[O-])c1C. The topological polar surface area (TPSA) is 68.1 Å². The summed E-state index contributed by atoms with van der Waals surface area (Å²) >= 11 is 0. The first-order valence-corrected chi connectivity index (χ1v) is 4.99. The summed E-state index contributed by atoms with van der Waals surface area (Å²) in [5.41, 5.74) is 2.08. The molecule has 0 saturated carbocycles. The zero-order chi connectivity index (χ0) is 12.1. The van der Waals surface area contributed by atoms with Crippen LogP contribution >= 0.6 is 0 Å². The van der Waals surface area contributed by atoms with E-state index in [1.54, 1.807) is 19.9 Å². The van der Waals surface area contributed by atoms with Gasteiger partial charge in [0.1, 0.15) is 0 Å². The monoisotopic (exact) mass is 221 g/mol. The third-order valence-corrected chi connectivity index (χ3v) is 2.34. The smallest absolute Gasteiger partial charge is 0.278 e. The Morgan fingerprint density at radius 2 is 2.31 bits per heavy atom. The van der Waals surface area contributed by atoms with E-state index < -0.39 is 0 Å². The van der Waals surface area contributed by atoms with Gasteiger partial charge in [-0.05, 0) is 13.8 Å². The van der Waals surface area contributed by atoms with Crippen LogP contribution in [0.4, 0.5) is 5.69 Å². The molecule has 1 heterocycles. The second-order valence-electron chi connectivity index (χ2n) is 3.54. The maximum absolute atomic E-state index is 10.9. The molecule has 0 spiro atoms. The number of nitro groups is 1. The van der Waals surface area contributed by atoms with Crippen molar-refractivity contribution >= 4 is 5.69 Å². The Balaban J connectivity index is 2.99. The summed E-state index contributed by atoms with van der Waals surface area (Å²) in [4.78, 5) is 14.7. The number of aryl methyl sites for hydroxylation is 1. The first-order valence-electron chi connectivity index (χ1n) is 4.99. The molecule has 5 nitrogen and oxygen atoms in total. The Morgan fingerprint density at radius 1 is 1.62 bits per heavy atom. The Hall–Kier alpha value is -1.75. The van der Waals surface area contributed by atoms with E-state index in [4.69, 9.17) is 0 Å². The Morgan fingerprint density at radius 3 is 2.88 bits per heavy atom. The second kappa shape index (κ2) is 5.37. The van der Waals surface area contributed by atoms with Gasteiger partial charge in [0.15, 0.2) is 0 Å². The van der Waals surface area contributed by atoms with Crippen LogP contribution in [-0.2, 0) is 6.54 Å². The molecule has 86 valence electrons. The molecule has 0 fully saturated rings. The number of pyridine rings is 1. The Kier molecular flexibility index (Phi) is 4.13. The van der Waals surface area contributed by atoms with E-state index in [0.29, 0.717) is 29.9 Å². The highest BCUT2D eigenvalue weighted by Gasteiger charge is 2.17. The molecule has 1 aromatic rings. The lowest BCUT2D eigenvalue weighted by atomic mass is 10.1. The predicted molar refractivity (Wildman–Crippen MR) is 62.3 cm³/mol. The van der Waals surface area contributed by atoms with Crippen molar-refractivity contribution in [1.29, 1.82) is 0 Å². The highest BCUT2D eigenvalue weighted by molar-refractivity contribution is 5.47. The van der Waals surface area contributed by atoms with E-state index in [0.717, 1.165) is 0 Å². The lowest BCUT2D eigenvalue weighted by molar-refractivity contribution is -0.386. The molecule has 0 radical (unpaired) electrons. The van der Waals surface area contributed by atoms with E-state index in [2.05, 4.69) is 16.9 Å². The highest BCUT2D eigenvalue weighted by atomic mass is 16.6. The maximum atomic E-state index is 10.9. The summed E-state index contributed by atoms with van der Waals surface area (Å²) < 4.78 is 0. The van der Waals surface area contributed by atoms with Crippen molar-refractivity contribution in [1.82, 2.24) is 10.3 Å². The molecule has 1 aromatic heterocycles. The zero-order valence-corrected chi connectivity index (χ0v) is 9.49. The molecule has 1 N–H and O–H groups in total. The molecule has 0 aliphatic carbocycles. The number of rotatable bonds is 5. The van der Waals surface area contributed by atoms with Gasteiger partial charge in [-0.25, -0.2) is 0 Å². The van der Waals surface area contributed by atoms with Crippen LogP contribution < -0.4 is 5.32 Å². The first kappa shape index (κ1) is 12.3. The van der Waals surface area contributed by atoms with Crippen molar-refractivity contribution < 1.29 is 4.92 Å². The molecule has 0 amide bonds. The lowest BCUT2D eigenvalue weighted by Gasteiger charge is -2.07. The largest absolute Gasteiger partial charge is 0.308 e. The van der Waals surface area contributed by atoms with Gasteiger partial charge in [0.05, 0.1) is 10.6 Å². The molecule has 16 heavy (non-hydrogen) atoms. The zero-order valence-electron chi connectivity index (χ0n) is 9.49. The van der Waals surface area contributed by atoms with Crippen molar-refractivity contribution in [3.05, 3.63) is 45.8 Å². The van der Waals surface area contributed by atoms with E-state index in [1.165, 1.54) is 6.20 Å². The van der Waals surface area contributed by atoms with E-state index in [1.807, 2.05) is 0 Å². The van der Waals surface area contributed by atoms with Gasteiger partial charge in [-0.2, -0.15) is 0 Å². The predicted octanol–water partition coefficient (Wildman–Crippen LogP) is 1.88. The Labute approximate surface area is 94.4 Å². The molecular weight excluding hydrogens is 206 g/mol. The lowest BCUT2D eigenvalue weighted by Crippen LogP contribution is -2.15. The Bertz CT molecular complexity index is 416. The van der Waals surface area contributed by atoms with Gasteiger partial charge in [0.2, 0.25) is 0 Å². The van der Waals surface area contributed by atoms with Crippen LogP contribution in [0, 0.1) is 24.0 Å². The van der Waals surface area contributed by atoms with Crippen LogP contribution in [0.1, 0.15) is 16.8 Å². The summed E-state index contributed by atoms with van der Waals surface area (Å²) in [5.74, 6) is 0. The van der Waals surface area contributed by atoms with Gasteiger partial charge in [-0.15, -0.1) is 6.58 Å². The van der Waals surface area contributed by atoms with Gasteiger partial charge in [0.25, 0.3) is 5.69 Å². The van der Waals surface area contributed by atoms with Crippen LogP contribution in [0.25, 0.3) is 0 Å². The summed E-state index contributed by atoms with van der Waals surface area (Å²) in [6, 6.07) is 0. The fraction of sp³-hybridized carbons (Fsp3) is 0.364. The third-order valence-electron chi connectivity index (χ3n) is 2.34. The minimum absolute atomic E-state index is 0.158. The molecule has 5 heteroatoms. The summed E-state index contributed by atoms with van der Waals surface area (Å²) in [6.07, 6.45) is 3.27.